The molecule has 2 bridgehead atoms. The second kappa shape index (κ2) is 6.66. The van der Waals surface area contributed by atoms with Crippen molar-refractivity contribution in [2.45, 2.75) is 31.2 Å². The first-order valence-electron chi connectivity index (χ1n) is 9.98. The fourth-order valence-corrected chi connectivity index (χ4v) is 5.63. The van der Waals surface area contributed by atoms with Crippen LogP contribution in [-0.2, 0) is 9.53 Å². The molecule has 28 heavy (non-hydrogen) atoms. The summed E-state index contributed by atoms with van der Waals surface area (Å²) in [4.78, 5) is 24.1. The highest BCUT2D eigenvalue weighted by Crippen LogP contribution is 2.49. The van der Waals surface area contributed by atoms with E-state index in [9.17, 15) is 14.7 Å². The van der Waals surface area contributed by atoms with Gasteiger partial charge in [-0.05, 0) is 53.4 Å². The van der Waals surface area contributed by atoms with E-state index >= 15 is 0 Å². The van der Waals surface area contributed by atoms with Crippen molar-refractivity contribution in [2.75, 3.05) is 6.61 Å². The van der Waals surface area contributed by atoms with Crippen molar-refractivity contribution in [3.8, 4) is 11.1 Å². The third kappa shape index (κ3) is 2.68. The molecule has 2 fully saturated rings. The van der Waals surface area contributed by atoms with Crippen LogP contribution in [0.15, 0.2) is 48.5 Å². The second-order valence-corrected chi connectivity index (χ2v) is 8.19. The summed E-state index contributed by atoms with van der Waals surface area (Å²) >= 11 is 0. The topological polar surface area (TPSA) is 75.6 Å². The van der Waals surface area contributed by atoms with Crippen LogP contribution in [0.3, 0.4) is 0 Å². The Morgan fingerprint density at radius 3 is 2.21 bits per heavy atom. The Labute approximate surface area is 163 Å². The van der Waals surface area contributed by atoms with Crippen LogP contribution in [-0.4, -0.2) is 29.8 Å². The lowest BCUT2D eigenvalue weighted by molar-refractivity contribution is -0.144. The number of carboxylic acid groups (broad SMARTS) is 1. The van der Waals surface area contributed by atoms with Gasteiger partial charge >= 0.3 is 12.1 Å². The molecule has 3 aliphatic rings. The predicted octanol–water partition coefficient (Wildman–Crippen LogP) is 4.02. The fraction of sp³-hybridized carbons (Fsp3) is 0.391. The predicted molar refractivity (Wildman–Crippen MR) is 104 cm³/mol. The Morgan fingerprint density at radius 1 is 0.964 bits per heavy atom. The lowest BCUT2D eigenvalue weighted by Gasteiger charge is -2.28. The Hall–Kier alpha value is -2.82. The van der Waals surface area contributed by atoms with Crippen molar-refractivity contribution in [3.63, 3.8) is 0 Å². The molecule has 2 aromatic rings. The summed E-state index contributed by atoms with van der Waals surface area (Å²) in [6.07, 6.45) is 2.32. The largest absolute Gasteiger partial charge is 0.481 e. The number of aliphatic carboxylic acids is 1. The van der Waals surface area contributed by atoms with Gasteiger partial charge in [0.15, 0.2) is 0 Å². The summed E-state index contributed by atoms with van der Waals surface area (Å²) in [6, 6.07) is 16.1. The van der Waals surface area contributed by atoms with Crippen LogP contribution in [0.25, 0.3) is 11.1 Å². The summed E-state index contributed by atoms with van der Waals surface area (Å²) in [5.41, 5.74) is 4.71. The number of carboxylic acids is 1. The minimum atomic E-state index is -0.809. The molecule has 0 aromatic heterocycles. The SMILES string of the molecule is O=C(NC1C2CCC(C2)C1C(=O)O)OCC1c2ccccc2-c2ccccc21. The third-order valence-electron chi connectivity index (χ3n) is 6.83. The molecule has 0 heterocycles. The zero-order valence-corrected chi connectivity index (χ0v) is 15.5. The second-order valence-electron chi connectivity index (χ2n) is 8.19. The van der Waals surface area contributed by atoms with E-state index in [1.807, 2.05) is 24.3 Å². The minimum absolute atomic E-state index is 0.00782. The van der Waals surface area contributed by atoms with Crippen LogP contribution >= 0.6 is 0 Å². The van der Waals surface area contributed by atoms with E-state index in [0.717, 1.165) is 19.3 Å². The summed E-state index contributed by atoms with van der Waals surface area (Å²) < 4.78 is 5.59. The van der Waals surface area contributed by atoms with Gasteiger partial charge in [0, 0.05) is 12.0 Å². The first kappa shape index (κ1) is 17.3. The quantitative estimate of drug-likeness (QED) is 0.844. The van der Waals surface area contributed by atoms with Crippen LogP contribution in [0.4, 0.5) is 4.79 Å². The number of benzene rings is 2. The van der Waals surface area contributed by atoms with E-state index in [-0.39, 0.29) is 30.4 Å². The molecule has 5 rings (SSSR count). The summed E-state index contributed by atoms with van der Waals surface area (Å²) in [6.45, 7) is 0.248. The van der Waals surface area contributed by atoms with Crippen molar-refractivity contribution >= 4 is 12.1 Å². The molecule has 144 valence electrons. The molecule has 0 saturated heterocycles. The van der Waals surface area contributed by atoms with Crippen molar-refractivity contribution in [2.24, 2.45) is 17.8 Å². The highest BCUT2D eigenvalue weighted by atomic mass is 16.5. The molecule has 2 aromatic carbocycles. The van der Waals surface area contributed by atoms with Gasteiger partial charge in [-0.25, -0.2) is 4.79 Å². The van der Waals surface area contributed by atoms with E-state index in [4.69, 9.17) is 4.74 Å². The van der Waals surface area contributed by atoms with Gasteiger partial charge in [0.05, 0.1) is 5.92 Å². The van der Waals surface area contributed by atoms with E-state index in [2.05, 4.69) is 29.6 Å². The number of rotatable bonds is 4. The Bertz CT molecular complexity index is 894. The summed E-state index contributed by atoms with van der Waals surface area (Å²) in [5, 5.41) is 12.4. The maximum absolute atomic E-state index is 12.5. The molecule has 2 N–H and O–H groups in total. The van der Waals surface area contributed by atoms with Crippen LogP contribution < -0.4 is 5.32 Å². The normalized spacial score (nSPS) is 27.3. The monoisotopic (exact) mass is 377 g/mol. The molecule has 5 heteroatoms. The maximum atomic E-state index is 12.5. The number of hydrogen-bond acceptors (Lipinski definition) is 3. The van der Waals surface area contributed by atoms with Gasteiger partial charge in [0.2, 0.25) is 0 Å². The van der Waals surface area contributed by atoms with Crippen LogP contribution in [0.5, 0.6) is 0 Å². The van der Waals surface area contributed by atoms with Gasteiger partial charge in [-0.3, -0.25) is 4.79 Å². The number of ether oxygens (including phenoxy) is 1. The van der Waals surface area contributed by atoms with E-state index in [1.165, 1.54) is 22.3 Å². The zero-order chi connectivity index (χ0) is 19.3. The average Bonchev–Trinajstić information content (AvgIpc) is 3.38. The van der Waals surface area contributed by atoms with E-state index in [1.54, 1.807) is 0 Å². The van der Waals surface area contributed by atoms with Crippen molar-refractivity contribution < 1.29 is 19.4 Å². The number of hydrogen-bond donors (Lipinski definition) is 2. The molecular formula is C23H23NO4. The minimum Gasteiger partial charge on any atom is -0.481 e. The number of amides is 1. The Kier molecular flexibility index (Phi) is 4.11. The molecule has 4 unspecified atom stereocenters. The number of alkyl carbamates (subject to hydrolysis) is 1. The van der Waals surface area contributed by atoms with Crippen LogP contribution in [0, 0.1) is 17.8 Å². The van der Waals surface area contributed by atoms with Gasteiger partial charge in [-0.1, -0.05) is 48.5 Å². The highest BCUT2D eigenvalue weighted by Gasteiger charge is 2.51. The standard InChI is InChI=1S/C23H23NO4/c25-22(26)20-13-9-10-14(11-13)21(20)24-23(27)28-12-19-17-7-3-1-5-15(17)16-6-2-4-8-18(16)19/h1-8,13-14,19-21H,9-12H2,(H,24,27)(H,25,26). The van der Waals surface area contributed by atoms with E-state index < -0.39 is 18.0 Å². The lowest BCUT2D eigenvalue weighted by Crippen LogP contribution is -2.47. The van der Waals surface area contributed by atoms with E-state index in [0.29, 0.717) is 0 Å². The smallest absolute Gasteiger partial charge is 0.407 e. The molecule has 5 nitrogen and oxygen atoms in total. The highest BCUT2D eigenvalue weighted by molar-refractivity contribution is 5.79. The van der Waals surface area contributed by atoms with Crippen LogP contribution in [0.2, 0.25) is 0 Å². The maximum Gasteiger partial charge on any atom is 0.407 e. The van der Waals surface area contributed by atoms with Crippen molar-refractivity contribution in [3.05, 3.63) is 59.7 Å². The molecule has 0 spiro atoms. The summed E-state index contributed by atoms with van der Waals surface area (Å²) in [7, 11) is 0. The number of carbonyl (C=O) groups excluding carboxylic acids is 1. The van der Waals surface area contributed by atoms with Crippen LogP contribution in [0.1, 0.15) is 36.3 Å². The Balaban J connectivity index is 1.29. The summed E-state index contributed by atoms with van der Waals surface area (Å²) in [5.74, 6) is -0.850. The van der Waals surface area contributed by atoms with Gasteiger partial charge in [0.1, 0.15) is 6.61 Å². The molecular weight excluding hydrogens is 354 g/mol. The Morgan fingerprint density at radius 2 is 1.57 bits per heavy atom. The average molecular weight is 377 g/mol. The third-order valence-corrected chi connectivity index (χ3v) is 6.83. The van der Waals surface area contributed by atoms with Gasteiger partial charge < -0.3 is 15.2 Å². The molecule has 4 atom stereocenters. The zero-order valence-electron chi connectivity index (χ0n) is 15.5. The molecule has 0 radical (unpaired) electrons. The van der Waals surface area contributed by atoms with Crippen molar-refractivity contribution in [1.82, 2.24) is 5.32 Å². The number of carbonyl (C=O) groups is 2. The fourth-order valence-electron chi connectivity index (χ4n) is 5.63. The lowest BCUT2D eigenvalue weighted by atomic mass is 9.84. The molecule has 2 saturated carbocycles. The van der Waals surface area contributed by atoms with Gasteiger partial charge in [-0.15, -0.1) is 0 Å². The number of fused-ring (bicyclic) bond motifs is 5. The molecule has 1 amide bonds. The molecule has 0 aliphatic heterocycles. The van der Waals surface area contributed by atoms with Gasteiger partial charge in [-0.2, -0.15) is 0 Å². The first-order valence-corrected chi connectivity index (χ1v) is 9.98. The first-order chi connectivity index (χ1) is 13.6. The number of nitrogens with one attached hydrogen (secondary N) is 1. The van der Waals surface area contributed by atoms with Crippen molar-refractivity contribution in [1.29, 1.82) is 0 Å². The van der Waals surface area contributed by atoms with Gasteiger partial charge in [0.25, 0.3) is 0 Å². The molecule has 3 aliphatic carbocycles.